The molecule has 1 aliphatic carbocycles. The molecule has 0 bridgehead atoms. The maximum atomic E-state index is 2.48. The van der Waals surface area contributed by atoms with Gasteiger partial charge in [-0.2, -0.15) is 0 Å². The van der Waals surface area contributed by atoms with Crippen LogP contribution in [0.4, 0.5) is 0 Å². The zero-order valence-corrected chi connectivity index (χ0v) is 12.0. The van der Waals surface area contributed by atoms with E-state index in [9.17, 15) is 0 Å². The van der Waals surface area contributed by atoms with E-state index in [2.05, 4.69) is 27.7 Å². The summed E-state index contributed by atoms with van der Waals surface area (Å²) in [5, 5.41) is 0. The minimum absolute atomic E-state index is 0.774. The first kappa shape index (κ1) is 14.1. The van der Waals surface area contributed by atoms with Gasteiger partial charge < -0.3 is 0 Å². The summed E-state index contributed by atoms with van der Waals surface area (Å²) in [7, 11) is 0. The molecule has 0 radical (unpaired) electrons. The van der Waals surface area contributed by atoms with Crippen LogP contribution in [0, 0.1) is 17.3 Å². The Hall–Kier alpha value is 0. The Morgan fingerprint density at radius 1 is 1.00 bits per heavy atom. The van der Waals surface area contributed by atoms with Crippen molar-refractivity contribution >= 4 is 0 Å². The van der Waals surface area contributed by atoms with E-state index in [1.165, 1.54) is 57.8 Å². The summed E-state index contributed by atoms with van der Waals surface area (Å²) in [6, 6.07) is 0. The smallest absolute Gasteiger partial charge is 0.0241 e. The van der Waals surface area contributed by atoms with Crippen LogP contribution in [0.1, 0.15) is 85.5 Å². The first-order valence-corrected chi connectivity index (χ1v) is 7.71. The molecule has 0 nitrogen and oxygen atoms in total. The summed E-state index contributed by atoms with van der Waals surface area (Å²) in [6.07, 6.45) is 13.1. The van der Waals surface area contributed by atoms with Crippen LogP contribution >= 0.6 is 0 Å². The quantitative estimate of drug-likeness (QED) is 0.434. The molecule has 0 aromatic rings. The predicted octanol–water partition coefficient (Wildman–Crippen LogP) is 5.81. The van der Waals surface area contributed by atoms with Crippen molar-refractivity contribution in [2.75, 3.05) is 0 Å². The maximum absolute atomic E-state index is 2.48. The topological polar surface area (TPSA) is 0 Å². The molecule has 0 amide bonds. The Balaban J connectivity index is 2.26. The molecule has 16 heavy (non-hydrogen) atoms. The molecule has 0 spiro atoms. The molecular weight excluding hydrogens is 192 g/mol. The summed E-state index contributed by atoms with van der Waals surface area (Å²) in [4.78, 5) is 0. The molecule has 0 aromatic heterocycles. The van der Waals surface area contributed by atoms with E-state index in [0.717, 1.165) is 17.3 Å². The van der Waals surface area contributed by atoms with Gasteiger partial charge in [-0.25, -0.2) is 0 Å². The van der Waals surface area contributed by atoms with Crippen LogP contribution in [0.25, 0.3) is 0 Å². The molecule has 0 heterocycles. The highest BCUT2D eigenvalue weighted by Crippen LogP contribution is 2.62. The molecule has 2 atom stereocenters. The van der Waals surface area contributed by atoms with Crippen LogP contribution in [0.2, 0.25) is 0 Å². The van der Waals surface area contributed by atoms with Gasteiger partial charge in [0.15, 0.2) is 0 Å². The Bertz CT molecular complexity index is 180. The highest BCUT2D eigenvalue weighted by atomic mass is 14.6. The summed E-state index contributed by atoms with van der Waals surface area (Å²) < 4.78 is 0. The Morgan fingerprint density at radius 2 is 1.56 bits per heavy atom. The van der Waals surface area contributed by atoms with Gasteiger partial charge in [-0.15, -0.1) is 0 Å². The second-order valence-corrected chi connectivity index (χ2v) is 6.02. The van der Waals surface area contributed by atoms with E-state index in [4.69, 9.17) is 0 Å². The molecule has 1 fully saturated rings. The number of hydrogen-bond donors (Lipinski definition) is 0. The lowest BCUT2D eigenvalue weighted by molar-refractivity contribution is 0.241. The molecule has 2 unspecified atom stereocenters. The Morgan fingerprint density at radius 3 is 2.00 bits per heavy atom. The van der Waals surface area contributed by atoms with Gasteiger partial charge >= 0.3 is 0 Å². The van der Waals surface area contributed by atoms with E-state index in [1.54, 1.807) is 0 Å². The third kappa shape index (κ3) is 3.25. The van der Waals surface area contributed by atoms with Crippen molar-refractivity contribution in [3.63, 3.8) is 0 Å². The third-order valence-electron chi connectivity index (χ3n) is 5.05. The van der Waals surface area contributed by atoms with Crippen LogP contribution < -0.4 is 0 Å². The summed E-state index contributed by atoms with van der Waals surface area (Å²) >= 11 is 0. The second kappa shape index (κ2) is 6.67. The zero-order chi connectivity index (χ0) is 12.0. The third-order valence-corrected chi connectivity index (χ3v) is 5.05. The lowest BCUT2D eigenvalue weighted by Crippen LogP contribution is -2.16. The molecule has 0 heteroatoms. The second-order valence-electron chi connectivity index (χ2n) is 6.02. The molecule has 1 rings (SSSR count). The predicted molar refractivity (Wildman–Crippen MR) is 73.7 cm³/mol. The SMILES string of the molecule is CCCCCCCC1(C(CC)CC)CC1C. The lowest BCUT2D eigenvalue weighted by atomic mass is 9.79. The minimum atomic E-state index is 0.774. The van der Waals surface area contributed by atoms with Crippen LogP contribution in [0.5, 0.6) is 0 Å². The highest BCUT2D eigenvalue weighted by Gasteiger charge is 2.53. The molecule has 0 aromatic carbocycles. The summed E-state index contributed by atoms with van der Waals surface area (Å²) in [5.41, 5.74) is 0.774. The standard InChI is InChI=1S/C16H32/c1-5-8-9-10-11-12-16(13-14(16)4)15(6-2)7-3/h14-15H,5-13H2,1-4H3. The summed E-state index contributed by atoms with van der Waals surface area (Å²) in [5.74, 6) is 2.03. The van der Waals surface area contributed by atoms with Crippen molar-refractivity contribution < 1.29 is 0 Å². The van der Waals surface area contributed by atoms with Gasteiger partial charge in [-0.1, -0.05) is 72.6 Å². The van der Waals surface area contributed by atoms with Crippen molar-refractivity contribution in [1.82, 2.24) is 0 Å². The average molecular weight is 224 g/mol. The van der Waals surface area contributed by atoms with E-state index in [1.807, 2.05) is 0 Å². The maximum Gasteiger partial charge on any atom is -0.0241 e. The van der Waals surface area contributed by atoms with Crippen LogP contribution in [0.15, 0.2) is 0 Å². The zero-order valence-electron chi connectivity index (χ0n) is 12.0. The first-order valence-electron chi connectivity index (χ1n) is 7.71. The van der Waals surface area contributed by atoms with Gasteiger partial charge in [0, 0.05) is 0 Å². The minimum Gasteiger partial charge on any atom is -0.0654 e. The van der Waals surface area contributed by atoms with Gasteiger partial charge in [0.25, 0.3) is 0 Å². The average Bonchev–Trinajstić information content (AvgIpc) is 2.92. The van der Waals surface area contributed by atoms with Crippen molar-refractivity contribution in [3.8, 4) is 0 Å². The van der Waals surface area contributed by atoms with Crippen molar-refractivity contribution in [1.29, 1.82) is 0 Å². The molecule has 0 aliphatic heterocycles. The molecule has 96 valence electrons. The molecule has 1 aliphatic rings. The van der Waals surface area contributed by atoms with E-state index in [0.29, 0.717) is 0 Å². The molecule has 1 saturated carbocycles. The van der Waals surface area contributed by atoms with Gasteiger partial charge in [-0.3, -0.25) is 0 Å². The van der Waals surface area contributed by atoms with E-state index >= 15 is 0 Å². The largest absolute Gasteiger partial charge is 0.0654 e. The van der Waals surface area contributed by atoms with Crippen LogP contribution in [-0.2, 0) is 0 Å². The van der Waals surface area contributed by atoms with Gasteiger partial charge in [0.05, 0.1) is 0 Å². The van der Waals surface area contributed by atoms with Gasteiger partial charge in [0.1, 0.15) is 0 Å². The number of rotatable bonds is 9. The van der Waals surface area contributed by atoms with Crippen molar-refractivity contribution in [2.45, 2.75) is 85.5 Å². The lowest BCUT2D eigenvalue weighted by Gasteiger charge is -2.26. The Labute approximate surface area is 103 Å². The van der Waals surface area contributed by atoms with Crippen molar-refractivity contribution in [3.05, 3.63) is 0 Å². The first-order chi connectivity index (χ1) is 7.71. The molecule has 0 N–H and O–H groups in total. The van der Waals surface area contributed by atoms with Gasteiger partial charge in [-0.05, 0) is 30.1 Å². The fourth-order valence-corrected chi connectivity index (χ4v) is 3.79. The fourth-order valence-electron chi connectivity index (χ4n) is 3.79. The van der Waals surface area contributed by atoms with Gasteiger partial charge in [0.2, 0.25) is 0 Å². The number of unbranched alkanes of at least 4 members (excludes halogenated alkanes) is 4. The van der Waals surface area contributed by atoms with E-state index in [-0.39, 0.29) is 0 Å². The monoisotopic (exact) mass is 224 g/mol. The van der Waals surface area contributed by atoms with E-state index < -0.39 is 0 Å². The normalized spacial score (nSPS) is 28.7. The van der Waals surface area contributed by atoms with Crippen LogP contribution in [-0.4, -0.2) is 0 Å². The fraction of sp³-hybridized carbons (Fsp3) is 1.00. The van der Waals surface area contributed by atoms with Crippen LogP contribution in [0.3, 0.4) is 0 Å². The molecular formula is C16H32. The highest BCUT2D eigenvalue weighted by molar-refractivity contribution is 5.03. The summed E-state index contributed by atoms with van der Waals surface area (Å²) in [6.45, 7) is 9.55. The Kier molecular flexibility index (Phi) is 5.86. The molecule has 0 saturated heterocycles. The number of hydrogen-bond acceptors (Lipinski definition) is 0. The van der Waals surface area contributed by atoms with Crippen molar-refractivity contribution in [2.24, 2.45) is 17.3 Å².